The minimum absolute atomic E-state index is 0.130. The van der Waals surface area contributed by atoms with Crippen LogP contribution in [0.2, 0.25) is 0 Å². The van der Waals surface area contributed by atoms with Gasteiger partial charge in [-0.1, -0.05) is 25.5 Å². The number of nitrogens with two attached hydrogens (primary N) is 1. The molecular formula is C16H23NO. The highest BCUT2D eigenvalue weighted by Crippen LogP contribution is 2.43. The van der Waals surface area contributed by atoms with E-state index >= 15 is 0 Å². The van der Waals surface area contributed by atoms with Crippen molar-refractivity contribution in [2.45, 2.75) is 57.0 Å². The van der Waals surface area contributed by atoms with Crippen LogP contribution in [0.25, 0.3) is 0 Å². The van der Waals surface area contributed by atoms with E-state index in [1.165, 1.54) is 43.2 Å². The average Bonchev–Trinajstić information content (AvgIpc) is 2.74. The molecule has 0 amide bonds. The SMILES string of the molecule is CC(CN)c1ccc2c(c1)CC1(CCCCC1)O2. The Balaban J connectivity index is 1.84. The summed E-state index contributed by atoms with van der Waals surface area (Å²) in [6, 6.07) is 6.65. The summed E-state index contributed by atoms with van der Waals surface area (Å²) in [5.41, 5.74) is 8.64. The van der Waals surface area contributed by atoms with Crippen molar-refractivity contribution in [3.63, 3.8) is 0 Å². The molecule has 1 heterocycles. The van der Waals surface area contributed by atoms with E-state index in [9.17, 15) is 0 Å². The molecule has 2 aliphatic rings. The third kappa shape index (κ3) is 2.03. The van der Waals surface area contributed by atoms with E-state index in [-0.39, 0.29) is 5.60 Å². The molecule has 0 saturated heterocycles. The average molecular weight is 245 g/mol. The van der Waals surface area contributed by atoms with Gasteiger partial charge in [-0.05, 0) is 55.3 Å². The van der Waals surface area contributed by atoms with E-state index in [1.807, 2.05) is 0 Å². The second-order valence-electron chi connectivity index (χ2n) is 6.03. The maximum absolute atomic E-state index is 6.27. The number of hydrogen-bond acceptors (Lipinski definition) is 2. The van der Waals surface area contributed by atoms with Crippen LogP contribution in [-0.4, -0.2) is 12.1 Å². The van der Waals surface area contributed by atoms with Crippen molar-refractivity contribution in [2.24, 2.45) is 5.73 Å². The van der Waals surface area contributed by atoms with Gasteiger partial charge in [0.2, 0.25) is 0 Å². The molecule has 1 aliphatic heterocycles. The zero-order valence-corrected chi connectivity index (χ0v) is 11.2. The van der Waals surface area contributed by atoms with E-state index in [2.05, 4.69) is 25.1 Å². The lowest BCUT2D eigenvalue weighted by Gasteiger charge is -2.32. The predicted octanol–water partition coefficient (Wildman–Crippen LogP) is 3.39. The van der Waals surface area contributed by atoms with Crippen LogP contribution in [0, 0.1) is 0 Å². The van der Waals surface area contributed by atoms with Crippen LogP contribution in [0.4, 0.5) is 0 Å². The Labute approximate surface area is 110 Å². The molecule has 2 nitrogen and oxygen atoms in total. The molecule has 1 aromatic carbocycles. The Morgan fingerprint density at radius 2 is 2.06 bits per heavy atom. The molecule has 2 heteroatoms. The molecule has 0 radical (unpaired) electrons. The largest absolute Gasteiger partial charge is 0.487 e. The predicted molar refractivity (Wildman–Crippen MR) is 74.1 cm³/mol. The van der Waals surface area contributed by atoms with Gasteiger partial charge in [0.05, 0.1) is 0 Å². The summed E-state index contributed by atoms with van der Waals surface area (Å²) in [7, 11) is 0. The minimum atomic E-state index is 0.130. The number of fused-ring (bicyclic) bond motifs is 1. The van der Waals surface area contributed by atoms with Gasteiger partial charge >= 0.3 is 0 Å². The first-order valence-corrected chi connectivity index (χ1v) is 7.24. The Morgan fingerprint density at radius 1 is 1.28 bits per heavy atom. The van der Waals surface area contributed by atoms with E-state index < -0.39 is 0 Å². The molecule has 1 atom stereocenters. The number of hydrogen-bond donors (Lipinski definition) is 1. The minimum Gasteiger partial charge on any atom is -0.487 e. The molecule has 1 aliphatic carbocycles. The molecule has 98 valence electrons. The lowest BCUT2D eigenvalue weighted by atomic mass is 9.81. The number of benzene rings is 1. The maximum atomic E-state index is 6.27. The van der Waals surface area contributed by atoms with Crippen LogP contribution in [0.15, 0.2) is 18.2 Å². The van der Waals surface area contributed by atoms with Crippen LogP contribution < -0.4 is 10.5 Å². The lowest BCUT2D eigenvalue weighted by Crippen LogP contribution is -2.36. The summed E-state index contributed by atoms with van der Waals surface area (Å²) in [5, 5.41) is 0. The summed E-state index contributed by atoms with van der Waals surface area (Å²) < 4.78 is 6.27. The van der Waals surface area contributed by atoms with Crippen molar-refractivity contribution in [1.82, 2.24) is 0 Å². The van der Waals surface area contributed by atoms with Crippen LogP contribution in [0.1, 0.15) is 56.1 Å². The maximum Gasteiger partial charge on any atom is 0.123 e. The quantitative estimate of drug-likeness (QED) is 0.867. The first kappa shape index (κ1) is 12.0. The Bertz CT molecular complexity index is 435. The van der Waals surface area contributed by atoms with Gasteiger partial charge in [-0.3, -0.25) is 0 Å². The Kier molecular flexibility index (Phi) is 3.06. The fourth-order valence-electron chi connectivity index (χ4n) is 3.37. The summed E-state index contributed by atoms with van der Waals surface area (Å²) >= 11 is 0. The van der Waals surface area contributed by atoms with Crippen molar-refractivity contribution >= 4 is 0 Å². The zero-order chi connectivity index (χ0) is 12.6. The Morgan fingerprint density at radius 3 is 2.78 bits per heavy atom. The highest BCUT2D eigenvalue weighted by molar-refractivity contribution is 5.43. The summed E-state index contributed by atoms with van der Waals surface area (Å²) in [6.07, 6.45) is 7.57. The van der Waals surface area contributed by atoms with E-state index in [4.69, 9.17) is 10.5 Å². The zero-order valence-electron chi connectivity index (χ0n) is 11.2. The van der Waals surface area contributed by atoms with Gasteiger partial charge in [-0.25, -0.2) is 0 Å². The van der Waals surface area contributed by atoms with Gasteiger partial charge in [0.1, 0.15) is 11.4 Å². The fraction of sp³-hybridized carbons (Fsp3) is 0.625. The molecule has 1 spiro atoms. The van der Waals surface area contributed by atoms with Crippen molar-refractivity contribution in [3.8, 4) is 5.75 Å². The normalized spacial score (nSPS) is 22.6. The molecule has 18 heavy (non-hydrogen) atoms. The second-order valence-corrected chi connectivity index (χ2v) is 6.03. The second kappa shape index (κ2) is 4.58. The highest BCUT2D eigenvalue weighted by atomic mass is 16.5. The van der Waals surface area contributed by atoms with Crippen molar-refractivity contribution < 1.29 is 4.74 Å². The monoisotopic (exact) mass is 245 g/mol. The first-order valence-electron chi connectivity index (χ1n) is 7.24. The molecule has 1 unspecified atom stereocenters. The van der Waals surface area contributed by atoms with Crippen LogP contribution in [0.3, 0.4) is 0 Å². The number of rotatable bonds is 2. The molecule has 1 fully saturated rings. The van der Waals surface area contributed by atoms with Gasteiger partial charge in [-0.15, -0.1) is 0 Å². The van der Waals surface area contributed by atoms with Gasteiger partial charge < -0.3 is 10.5 Å². The third-order valence-electron chi connectivity index (χ3n) is 4.61. The molecule has 1 aromatic rings. The number of ether oxygens (including phenoxy) is 1. The van der Waals surface area contributed by atoms with Gasteiger partial charge in [0.25, 0.3) is 0 Å². The third-order valence-corrected chi connectivity index (χ3v) is 4.61. The Hall–Kier alpha value is -1.02. The molecule has 1 saturated carbocycles. The smallest absolute Gasteiger partial charge is 0.123 e. The highest BCUT2D eigenvalue weighted by Gasteiger charge is 2.40. The summed E-state index contributed by atoms with van der Waals surface area (Å²) in [5.74, 6) is 1.56. The van der Waals surface area contributed by atoms with Gasteiger partial charge in [0.15, 0.2) is 0 Å². The molecule has 0 bridgehead atoms. The van der Waals surface area contributed by atoms with Crippen LogP contribution >= 0.6 is 0 Å². The molecular weight excluding hydrogens is 222 g/mol. The van der Waals surface area contributed by atoms with Crippen LogP contribution in [-0.2, 0) is 6.42 Å². The van der Waals surface area contributed by atoms with Crippen molar-refractivity contribution in [2.75, 3.05) is 6.54 Å². The fourth-order valence-corrected chi connectivity index (χ4v) is 3.37. The van der Waals surface area contributed by atoms with E-state index in [0.29, 0.717) is 12.5 Å². The van der Waals surface area contributed by atoms with E-state index in [0.717, 1.165) is 12.2 Å². The topological polar surface area (TPSA) is 35.2 Å². The van der Waals surface area contributed by atoms with E-state index in [1.54, 1.807) is 0 Å². The summed E-state index contributed by atoms with van der Waals surface area (Å²) in [4.78, 5) is 0. The van der Waals surface area contributed by atoms with Crippen molar-refractivity contribution in [3.05, 3.63) is 29.3 Å². The standard InChI is InChI=1S/C16H23NO/c1-12(11-17)13-5-6-15-14(9-13)10-16(18-15)7-3-2-4-8-16/h5-6,9,12H,2-4,7-8,10-11,17H2,1H3. The van der Waals surface area contributed by atoms with Gasteiger partial charge in [0, 0.05) is 6.42 Å². The first-order chi connectivity index (χ1) is 8.72. The molecule has 2 N–H and O–H groups in total. The summed E-state index contributed by atoms with van der Waals surface area (Å²) in [6.45, 7) is 2.90. The van der Waals surface area contributed by atoms with Gasteiger partial charge in [-0.2, -0.15) is 0 Å². The lowest BCUT2D eigenvalue weighted by molar-refractivity contribution is 0.0529. The van der Waals surface area contributed by atoms with Crippen LogP contribution in [0.5, 0.6) is 5.75 Å². The van der Waals surface area contributed by atoms with Crippen molar-refractivity contribution in [1.29, 1.82) is 0 Å². The molecule has 0 aromatic heterocycles. The molecule has 3 rings (SSSR count).